The van der Waals surface area contributed by atoms with Crippen molar-refractivity contribution in [2.24, 2.45) is 5.92 Å². The minimum absolute atomic E-state index is 0.184. The average Bonchev–Trinajstić information content (AvgIpc) is 2.69. The molecular weight excluding hydrogens is 234 g/mol. The van der Waals surface area contributed by atoms with Gasteiger partial charge >= 0.3 is 5.69 Å². The van der Waals surface area contributed by atoms with Crippen molar-refractivity contribution in [3.8, 4) is 0 Å². The number of hydrogen-bond acceptors (Lipinski definition) is 5. The smallest absolute Gasteiger partial charge is 0.349 e. The molecule has 0 saturated carbocycles. The van der Waals surface area contributed by atoms with E-state index in [0.717, 1.165) is 13.0 Å². The van der Waals surface area contributed by atoms with E-state index in [0.29, 0.717) is 23.2 Å². The summed E-state index contributed by atoms with van der Waals surface area (Å²) in [7, 11) is 0. The molecule has 2 rings (SSSR count). The Morgan fingerprint density at radius 3 is 3.11 bits per heavy atom. The number of aryl methyl sites for hydroxylation is 1. The van der Waals surface area contributed by atoms with Crippen LogP contribution in [0.15, 0.2) is 10.9 Å². The predicted octanol–water partition coefficient (Wildman–Crippen LogP) is 0.156. The van der Waals surface area contributed by atoms with Crippen LogP contribution in [0.5, 0.6) is 0 Å². The van der Waals surface area contributed by atoms with Gasteiger partial charge in [-0.1, -0.05) is 6.92 Å². The maximum Gasteiger partial charge on any atom is 0.349 e. The van der Waals surface area contributed by atoms with Crippen molar-refractivity contribution >= 4 is 11.5 Å². The van der Waals surface area contributed by atoms with Crippen LogP contribution >= 0.6 is 0 Å². The van der Waals surface area contributed by atoms with Crippen molar-refractivity contribution in [3.05, 3.63) is 22.4 Å². The first-order valence-corrected chi connectivity index (χ1v) is 5.91. The van der Waals surface area contributed by atoms with Crippen molar-refractivity contribution in [2.45, 2.75) is 20.3 Å². The average molecular weight is 251 g/mol. The van der Waals surface area contributed by atoms with Crippen LogP contribution in [0.3, 0.4) is 0 Å². The van der Waals surface area contributed by atoms with Gasteiger partial charge in [0, 0.05) is 19.2 Å². The number of aromatic amines is 1. The highest BCUT2D eigenvalue weighted by atomic mass is 16.3. The highest BCUT2D eigenvalue weighted by molar-refractivity contribution is 5.49. The molecule has 2 heterocycles. The van der Waals surface area contributed by atoms with Gasteiger partial charge in [-0.2, -0.15) is 5.10 Å². The van der Waals surface area contributed by atoms with Crippen LogP contribution in [-0.2, 0) is 0 Å². The summed E-state index contributed by atoms with van der Waals surface area (Å²) in [4.78, 5) is 15.7. The molecule has 0 bridgehead atoms. The van der Waals surface area contributed by atoms with E-state index < -0.39 is 0 Å². The number of hydrogen-bond donors (Lipinski definition) is 3. The van der Waals surface area contributed by atoms with E-state index in [1.165, 1.54) is 4.40 Å². The maximum atomic E-state index is 11.4. The molecule has 18 heavy (non-hydrogen) atoms. The summed E-state index contributed by atoms with van der Waals surface area (Å²) >= 11 is 0. The lowest BCUT2D eigenvalue weighted by atomic mass is 10.1. The molecule has 0 fully saturated rings. The molecule has 0 aromatic carbocycles. The van der Waals surface area contributed by atoms with Gasteiger partial charge in [0.05, 0.1) is 0 Å². The zero-order valence-electron chi connectivity index (χ0n) is 10.5. The number of H-pyrrole nitrogens is 1. The summed E-state index contributed by atoms with van der Waals surface area (Å²) in [5, 5.41) is 18.3. The van der Waals surface area contributed by atoms with E-state index in [1.807, 2.05) is 6.92 Å². The molecule has 98 valence electrons. The molecule has 0 amide bonds. The topological polar surface area (TPSA) is 95.3 Å². The summed E-state index contributed by atoms with van der Waals surface area (Å²) in [5.41, 5.74) is 0.264. The molecule has 0 aliphatic carbocycles. The molecule has 7 heteroatoms. The number of nitrogens with one attached hydrogen (secondary N) is 2. The molecule has 0 aliphatic heterocycles. The first-order valence-electron chi connectivity index (χ1n) is 5.91. The third kappa shape index (κ3) is 2.51. The lowest BCUT2D eigenvalue weighted by Crippen LogP contribution is -2.16. The molecule has 0 aliphatic rings. The minimum Gasteiger partial charge on any atom is -0.396 e. The van der Waals surface area contributed by atoms with Crippen molar-refractivity contribution < 1.29 is 5.11 Å². The summed E-state index contributed by atoms with van der Waals surface area (Å²) in [6, 6.07) is 1.72. The van der Waals surface area contributed by atoms with Crippen LogP contribution in [0.4, 0.5) is 5.82 Å². The van der Waals surface area contributed by atoms with Crippen LogP contribution in [0, 0.1) is 12.8 Å². The summed E-state index contributed by atoms with van der Waals surface area (Å²) in [6.07, 6.45) is 0.746. The van der Waals surface area contributed by atoms with E-state index in [4.69, 9.17) is 5.11 Å². The minimum atomic E-state index is -0.282. The molecule has 0 radical (unpaired) electrons. The van der Waals surface area contributed by atoms with Crippen LogP contribution in [0.25, 0.3) is 5.65 Å². The highest BCUT2D eigenvalue weighted by Gasteiger charge is 2.07. The van der Waals surface area contributed by atoms with E-state index in [2.05, 4.69) is 20.5 Å². The molecule has 1 unspecified atom stereocenters. The quantitative estimate of drug-likeness (QED) is 0.703. The third-order valence-corrected chi connectivity index (χ3v) is 2.82. The fraction of sp³-hybridized carbons (Fsp3) is 0.545. The summed E-state index contributed by atoms with van der Waals surface area (Å²) in [5.74, 6) is 1.63. The predicted molar refractivity (Wildman–Crippen MR) is 67.7 cm³/mol. The van der Waals surface area contributed by atoms with Gasteiger partial charge in [-0.15, -0.1) is 0 Å². The van der Waals surface area contributed by atoms with E-state index >= 15 is 0 Å². The summed E-state index contributed by atoms with van der Waals surface area (Å²) in [6.45, 7) is 4.71. The standard InChI is InChI=1S/C11H17N5O2/c1-7(3-4-17)6-12-9-5-10-14-15-11(18)16(10)8(2)13-9/h5,7,12,17H,3-4,6H2,1-2H3,(H,15,18). The molecule has 2 aromatic rings. The number of fused-ring (bicyclic) bond motifs is 1. The maximum absolute atomic E-state index is 11.4. The van der Waals surface area contributed by atoms with Gasteiger partial charge < -0.3 is 10.4 Å². The van der Waals surface area contributed by atoms with Gasteiger partial charge in [0.25, 0.3) is 0 Å². The Kier molecular flexibility index (Phi) is 3.61. The van der Waals surface area contributed by atoms with Gasteiger partial charge in [-0.25, -0.2) is 19.3 Å². The Hall–Kier alpha value is -1.89. The zero-order valence-corrected chi connectivity index (χ0v) is 10.5. The van der Waals surface area contributed by atoms with Gasteiger partial charge in [0.15, 0.2) is 5.65 Å². The Morgan fingerprint density at radius 1 is 1.61 bits per heavy atom. The van der Waals surface area contributed by atoms with E-state index in [-0.39, 0.29) is 12.3 Å². The fourth-order valence-electron chi connectivity index (χ4n) is 1.79. The Morgan fingerprint density at radius 2 is 2.39 bits per heavy atom. The van der Waals surface area contributed by atoms with Crippen molar-refractivity contribution in [2.75, 3.05) is 18.5 Å². The van der Waals surface area contributed by atoms with Gasteiger partial charge in [-0.3, -0.25) is 0 Å². The van der Waals surface area contributed by atoms with E-state index in [9.17, 15) is 4.79 Å². The Bertz CT molecular complexity index is 589. The second-order valence-corrected chi connectivity index (χ2v) is 4.41. The van der Waals surface area contributed by atoms with E-state index in [1.54, 1.807) is 13.0 Å². The highest BCUT2D eigenvalue weighted by Crippen LogP contribution is 2.09. The van der Waals surface area contributed by atoms with Gasteiger partial charge in [-0.05, 0) is 19.3 Å². The first kappa shape index (κ1) is 12.6. The number of nitrogens with zero attached hydrogens (tertiary/aromatic N) is 3. The molecule has 0 saturated heterocycles. The Balaban J connectivity index is 2.17. The fourth-order valence-corrected chi connectivity index (χ4v) is 1.79. The number of aliphatic hydroxyl groups is 1. The molecule has 2 aromatic heterocycles. The number of aliphatic hydroxyl groups excluding tert-OH is 1. The lowest BCUT2D eigenvalue weighted by molar-refractivity contribution is 0.266. The third-order valence-electron chi connectivity index (χ3n) is 2.82. The molecule has 7 nitrogen and oxygen atoms in total. The second kappa shape index (κ2) is 5.18. The molecule has 0 spiro atoms. The normalized spacial score (nSPS) is 12.8. The lowest BCUT2D eigenvalue weighted by Gasteiger charge is -2.12. The van der Waals surface area contributed by atoms with Gasteiger partial charge in [0.1, 0.15) is 11.6 Å². The van der Waals surface area contributed by atoms with Crippen LogP contribution in [0.1, 0.15) is 19.2 Å². The SMILES string of the molecule is Cc1nc(NCC(C)CCO)cc2n[nH]c(=O)n12. The molecule has 3 N–H and O–H groups in total. The van der Waals surface area contributed by atoms with Crippen LogP contribution < -0.4 is 11.0 Å². The van der Waals surface area contributed by atoms with Crippen molar-refractivity contribution in [1.82, 2.24) is 19.6 Å². The number of rotatable bonds is 5. The first-order chi connectivity index (χ1) is 8.61. The number of aromatic nitrogens is 4. The zero-order chi connectivity index (χ0) is 13.1. The molecule has 1 atom stereocenters. The largest absolute Gasteiger partial charge is 0.396 e. The summed E-state index contributed by atoms with van der Waals surface area (Å²) < 4.78 is 1.42. The molecular formula is C11H17N5O2. The monoisotopic (exact) mass is 251 g/mol. The Labute approximate surface area is 104 Å². The van der Waals surface area contributed by atoms with Gasteiger partial charge in [0.2, 0.25) is 0 Å². The van der Waals surface area contributed by atoms with Crippen LogP contribution in [-0.4, -0.2) is 37.8 Å². The second-order valence-electron chi connectivity index (χ2n) is 4.41. The number of anilines is 1. The van der Waals surface area contributed by atoms with Crippen molar-refractivity contribution in [3.63, 3.8) is 0 Å². The van der Waals surface area contributed by atoms with Crippen LogP contribution in [0.2, 0.25) is 0 Å². The van der Waals surface area contributed by atoms with Crippen molar-refractivity contribution in [1.29, 1.82) is 0 Å².